The summed E-state index contributed by atoms with van der Waals surface area (Å²) >= 11 is 0. The highest BCUT2D eigenvalue weighted by Gasteiger charge is 2.33. The molecule has 23 heavy (non-hydrogen) atoms. The van der Waals surface area contributed by atoms with Gasteiger partial charge in [-0.3, -0.25) is 4.79 Å². The molecule has 3 nitrogen and oxygen atoms in total. The molecule has 0 amide bonds. The fourth-order valence-electron chi connectivity index (χ4n) is 2.46. The third-order valence-corrected chi connectivity index (χ3v) is 3.76. The molecule has 0 saturated carbocycles. The van der Waals surface area contributed by atoms with Crippen molar-refractivity contribution in [1.82, 2.24) is 4.90 Å². The van der Waals surface area contributed by atoms with E-state index in [-0.39, 0.29) is 11.4 Å². The molecular weight excluding hydrogens is 286 g/mol. The number of hydrogen-bond acceptors (Lipinski definition) is 3. The second-order valence-electron chi connectivity index (χ2n) is 6.08. The van der Waals surface area contributed by atoms with Crippen molar-refractivity contribution in [2.24, 2.45) is 11.3 Å². The molecule has 0 aliphatic carbocycles. The first-order valence-electron chi connectivity index (χ1n) is 9.79. The lowest BCUT2D eigenvalue weighted by Crippen LogP contribution is -2.34. The molecular formula is C20H45NO2. The Labute approximate surface area is 147 Å². The topological polar surface area (TPSA) is 29.5 Å². The van der Waals surface area contributed by atoms with Crippen LogP contribution in [0, 0.1) is 11.3 Å². The minimum absolute atomic E-state index is 0.0312. The molecule has 0 aromatic rings. The SMILES string of the molecule is CC.CC.CCCN(CC)CCOC(=O)C(C)(CC)CC(C)C. The highest BCUT2D eigenvalue weighted by Crippen LogP contribution is 2.31. The van der Waals surface area contributed by atoms with E-state index in [9.17, 15) is 4.79 Å². The smallest absolute Gasteiger partial charge is 0.311 e. The molecule has 0 heterocycles. The molecule has 0 fully saturated rings. The van der Waals surface area contributed by atoms with Crippen molar-refractivity contribution >= 4 is 5.97 Å². The summed E-state index contributed by atoms with van der Waals surface area (Å²) in [5.74, 6) is 0.487. The third kappa shape index (κ3) is 13.6. The van der Waals surface area contributed by atoms with Crippen LogP contribution in [0.25, 0.3) is 0 Å². The van der Waals surface area contributed by atoms with E-state index >= 15 is 0 Å². The molecule has 142 valence electrons. The van der Waals surface area contributed by atoms with E-state index in [1.165, 1.54) is 0 Å². The minimum atomic E-state index is -0.323. The summed E-state index contributed by atoms with van der Waals surface area (Å²) in [5, 5.41) is 0. The second-order valence-corrected chi connectivity index (χ2v) is 6.08. The van der Waals surface area contributed by atoms with Gasteiger partial charge in [0.05, 0.1) is 5.41 Å². The standard InChI is InChI=1S/C16H33NO2.2C2H6/c1-7-10-17(9-3)11-12-19-15(18)16(6,8-2)13-14(4)5;2*1-2/h14H,7-13H2,1-6H3;2*1-2H3. The van der Waals surface area contributed by atoms with Crippen LogP contribution in [0.5, 0.6) is 0 Å². The predicted octanol–water partition coefficient (Wildman–Crippen LogP) is 5.78. The van der Waals surface area contributed by atoms with Crippen LogP contribution in [-0.2, 0) is 9.53 Å². The van der Waals surface area contributed by atoms with Gasteiger partial charge in [-0.25, -0.2) is 0 Å². The summed E-state index contributed by atoms with van der Waals surface area (Å²) in [6.07, 6.45) is 2.88. The number of carbonyl (C=O) groups is 1. The van der Waals surface area contributed by atoms with E-state index in [1.807, 2.05) is 34.6 Å². The fourth-order valence-corrected chi connectivity index (χ4v) is 2.46. The van der Waals surface area contributed by atoms with Crippen molar-refractivity contribution in [2.45, 2.75) is 88.5 Å². The van der Waals surface area contributed by atoms with Gasteiger partial charge in [-0.15, -0.1) is 0 Å². The summed E-state index contributed by atoms with van der Waals surface area (Å²) in [6.45, 7) is 24.2. The Morgan fingerprint density at radius 2 is 1.57 bits per heavy atom. The Morgan fingerprint density at radius 1 is 1.04 bits per heavy atom. The first-order chi connectivity index (χ1) is 10.9. The molecule has 1 unspecified atom stereocenters. The number of ether oxygens (including phenoxy) is 1. The van der Waals surface area contributed by atoms with Crippen LogP contribution < -0.4 is 0 Å². The zero-order valence-corrected chi connectivity index (χ0v) is 17.8. The average molecular weight is 332 g/mol. The Balaban J connectivity index is -0.000000919. The summed E-state index contributed by atoms with van der Waals surface area (Å²) in [4.78, 5) is 14.5. The minimum Gasteiger partial charge on any atom is -0.464 e. The number of nitrogens with zero attached hydrogens (tertiary/aromatic N) is 1. The zero-order valence-electron chi connectivity index (χ0n) is 17.8. The number of carbonyl (C=O) groups excluding carboxylic acids is 1. The van der Waals surface area contributed by atoms with E-state index in [1.54, 1.807) is 0 Å². The quantitative estimate of drug-likeness (QED) is 0.475. The summed E-state index contributed by atoms with van der Waals surface area (Å²) in [5.41, 5.74) is -0.323. The summed E-state index contributed by atoms with van der Waals surface area (Å²) in [7, 11) is 0. The second kappa shape index (κ2) is 17.8. The third-order valence-electron chi connectivity index (χ3n) is 3.76. The number of rotatable bonds is 10. The summed E-state index contributed by atoms with van der Waals surface area (Å²) < 4.78 is 5.50. The lowest BCUT2D eigenvalue weighted by Gasteiger charge is -2.28. The van der Waals surface area contributed by atoms with Crippen LogP contribution in [0.1, 0.15) is 88.5 Å². The molecule has 0 aromatic carbocycles. The number of likely N-dealkylation sites (N-methyl/N-ethyl adjacent to an activating group) is 1. The van der Waals surface area contributed by atoms with Crippen LogP contribution in [0.4, 0.5) is 0 Å². The number of hydrogen-bond donors (Lipinski definition) is 0. The van der Waals surface area contributed by atoms with Crippen molar-refractivity contribution < 1.29 is 9.53 Å². The van der Waals surface area contributed by atoms with E-state index in [2.05, 4.69) is 39.5 Å². The van der Waals surface area contributed by atoms with Gasteiger partial charge in [-0.05, 0) is 45.2 Å². The van der Waals surface area contributed by atoms with Crippen molar-refractivity contribution in [3.05, 3.63) is 0 Å². The Hall–Kier alpha value is -0.570. The van der Waals surface area contributed by atoms with Gasteiger partial charge in [0.1, 0.15) is 6.61 Å². The van der Waals surface area contributed by atoms with Crippen LogP contribution >= 0.6 is 0 Å². The maximum Gasteiger partial charge on any atom is 0.311 e. The molecule has 1 atom stereocenters. The van der Waals surface area contributed by atoms with Gasteiger partial charge in [0.25, 0.3) is 0 Å². The lowest BCUT2D eigenvalue weighted by molar-refractivity contribution is -0.156. The van der Waals surface area contributed by atoms with Crippen LogP contribution in [0.15, 0.2) is 0 Å². The maximum atomic E-state index is 12.2. The molecule has 0 bridgehead atoms. The molecule has 0 rings (SSSR count). The molecule has 0 aliphatic rings. The Bertz CT molecular complexity index is 254. The number of esters is 1. The van der Waals surface area contributed by atoms with Crippen molar-refractivity contribution in [3.8, 4) is 0 Å². The largest absolute Gasteiger partial charge is 0.464 e. The average Bonchev–Trinajstić information content (AvgIpc) is 2.56. The lowest BCUT2D eigenvalue weighted by atomic mass is 9.80. The fraction of sp³-hybridized carbons (Fsp3) is 0.950. The van der Waals surface area contributed by atoms with Gasteiger partial charge >= 0.3 is 5.97 Å². The van der Waals surface area contributed by atoms with Crippen molar-refractivity contribution in [1.29, 1.82) is 0 Å². The van der Waals surface area contributed by atoms with E-state index in [0.717, 1.165) is 38.9 Å². The molecule has 3 heteroatoms. The molecule has 0 spiro atoms. The van der Waals surface area contributed by atoms with Gasteiger partial charge in [0, 0.05) is 6.54 Å². The zero-order chi connectivity index (χ0) is 18.9. The first kappa shape index (κ1) is 27.3. The normalized spacial score (nSPS) is 12.7. The highest BCUT2D eigenvalue weighted by atomic mass is 16.5. The first-order valence-corrected chi connectivity index (χ1v) is 9.79. The molecule has 0 aromatic heterocycles. The predicted molar refractivity (Wildman–Crippen MR) is 104 cm³/mol. The monoisotopic (exact) mass is 331 g/mol. The van der Waals surface area contributed by atoms with Crippen molar-refractivity contribution in [3.63, 3.8) is 0 Å². The molecule has 0 radical (unpaired) electrons. The highest BCUT2D eigenvalue weighted by molar-refractivity contribution is 5.76. The summed E-state index contributed by atoms with van der Waals surface area (Å²) in [6, 6.07) is 0. The van der Waals surface area contributed by atoms with E-state index < -0.39 is 0 Å². The molecule has 0 saturated heterocycles. The van der Waals surface area contributed by atoms with Gasteiger partial charge in [-0.2, -0.15) is 0 Å². The van der Waals surface area contributed by atoms with Gasteiger partial charge in [-0.1, -0.05) is 62.3 Å². The van der Waals surface area contributed by atoms with Gasteiger partial charge in [0.2, 0.25) is 0 Å². The van der Waals surface area contributed by atoms with Gasteiger partial charge < -0.3 is 9.64 Å². The Morgan fingerprint density at radius 3 is 1.91 bits per heavy atom. The van der Waals surface area contributed by atoms with E-state index in [0.29, 0.717) is 12.5 Å². The van der Waals surface area contributed by atoms with Crippen LogP contribution in [-0.4, -0.2) is 37.1 Å². The van der Waals surface area contributed by atoms with E-state index in [4.69, 9.17) is 4.74 Å². The van der Waals surface area contributed by atoms with Crippen LogP contribution in [0.3, 0.4) is 0 Å². The van der Waals surface area contributed by atoms with Crippen molar-refractivity contribution in [2.75, 3.05) is 26.2 Å². The van der Waals surface area contributed by atoms with Crippen LogP contribution in [0.2, 0.25) is 0 Å². The molecule has 0 aliphatic heterocycles. The Kier molecular flexibility index (Phi) is 21.1. The molecule has 0 N–H and O–H groups in total. The maximum absolute atomic E-state index is 12.2. The van der Waals surface area contributed by atoms with Gasteiger partial charge in [0.15, 0.2) is 0 Å².